The molecule has 0 saturated heterocycles. The first-order valence-corrected chi connectivity index (χ1v) is 6.72. The lowest BCUT2D eigenvalue weighted by molar-refractivity contribution is 0.227. The molecule has 0 spiro atoms. The zero-order valence-corrected chi connectivity index (χ0v) is 10.6. The maximum Gasteiger partial charge on any atom is 0.115 e. The Morgan fingerprint density at radius 2 is 2.18 bits per heavy atom. The van der Waals surface area contributed by atoms with E-state index in [0.717, 1.165) is 18.8 Å². The summed E-state index contributed by atoms with van der Waals surface area (Å²) in [5, 5.41) is 9.48. The summed E-state index contributed by atoms with van der Waals surface area (Å²) in [5.74, 6) is 1.78. The summed E-state index contributed by atoms with van der Waals surface area (Å²) >= 11 is 0. The first kappa shape index (κ1) is 12.4. The second-order valence-electron chi connectivity index (χ2n) is 5.39. The first-order chi connectivity index (χ1) is 8.19. The minimum absolute atomic E-state index is 0.333. The highest BCUT2D eigenvalue weighted by atomic mass is 16.3. The van der Waals surface area contributed by atoms with Gasteiger partial charge in [-0.25, -0.2) is 0 Å². The minimum atomic E-state index is 0.333. The average molecular weight is 233 g/mol. The summed E-state index contributed by atoms with van der Waals surface area (Å²) in [4.78, 5) is 0. The first-order valence-electron chi connectivity index (χ1n) is 6.72. The fraction of sp³-hybridized carbons (Fsp3) is 0.600. The molecule has 1 aliphatic carbocycles. The molecule has 1 aromatic rings. The van der Waals surface area contributed by atoms with Crippen LogP contribution in [0.5, 0.6) is 5.75 Å². The maximum atomic E-state index is 9.48. The van der Waals surface area contributed by atoms with Crippen molar-refractivity contribution in [3.63, 3.8) is 0 Å². The molecule has 0 amide bonds. The lowest BCUT2D eigenvalue weighted by Crippen LogP contribution is -2.37. The van der Waals surface area contributed by atoms with E-state index in [2.05, 4.69) is 13.0 Å². The zero-order valence-electron chi connectivity index (χ0n) is 10.6. The number of aromatic hydroxyl groups is 1. The van der Waals surface area contributed by atoms with Gasteiger partial charge in [0, 0.05) is 6.04 Å². The van der Waals surface area contributed by atoms with E-state index >= 15 is 0 Å². The fourth-order valence-corrected chi connectivity index (χ4v) is 2.98. The number of hydrogen-bond donors (Lipinski definition) is 2. The van der Waals surface area contributed by atoms with Gasteiger partial charge in [0.15, 0.2) is 0 Å². The summed E-state index contributed by atoms with van der Waals surface area (Å²) in [6, 6.07) is 7.92. The Labute approximate surface area is 104 Å². The van der Waals surface area contributed by atoms with Crippen LogP contribution in [0.2, 0.25) is 0 Å². The second-order valence-corrected chi connectivity index (χ2v) is 5.39. The SMILES string of the molecule is CCC1CCC(N)C(Cc2cccc(O)c2)C1. The topological polar surface area (TPSA) is 46.2 Å². The number of rotatable bonds is 3. The monoisotopic (exact) mass is 233 g/mol. The molecular formula is C15H23NO. The Kier molecular flexibility index (Phi) is 4.06. The Balaban J connectivity index is 2.01. The van der Waals surface area contributed by atoms with Gasteiger partial charge in [-0.3, -0.25) is 0 Å². The van der Waals surface area contributed by atoms with Gasteiger partial charge in [0.05, 0.1) is 0 Å². The van der Waals surface area contributed by atoms with Crippen molar-refractivity contribution >= 4 is 0 Å². The molecular weight excluding hydrogens is 210 g/mol. The summed E-state index contributed by atoms with van der Waals surface area (Å²) in [6.07, 6.45) is 5.96. The quantitative estimate of drug-likeness (QED) is 0.842. The highest BCUT2D eigenvalue weighted by Gasteiger charge is 2.27. The average Bonchev–Trinajstić information content (AvgIpc) is 2.32. The second kappa shape index (κ2) is 5.54. The third kappa shape index (κ3) is 3.22. The van der Waals surface area contributed by atoms with E-state index in [0.29, 0.717) is 17.7 Å². The van der Waals surface area contributed by atoms with Crippen molar-refractivity contribution in [3.05, 3.63) is 29.8 Å². The molecule has 3 unspecified atom stereocenters. The predicted molar refractivity (Wildman–Crippen MR) is 70.9 cm³/mol. The van der Waals surface area contributed by atoms with E-state index in [1.54, 1.807) is 6.07 Å². The van der Waals surface area contributed by atoms with Crippen LogP contribution in [0, 0.1) is 11.8 Å². The molecule has 0 aromatic heterocycles. The largest absolute Gasteiger partial charge is 0.508 e. The van der Waals surface area contributed by atoms with Gasteiger partial charge >= 0.3 is 0 Å². The van der Waals surface area contributed by atoms with E-state index in [1.165, 1.54) is 24.8 Å². The number of nitrogens with two attached hydrogens (primary N) is 1. The molecule has 0 aliphatic heterocycles. The standard InChI is InChI=1S/C15H23NO/c1-2-11-6-7-15(16)13(8-11)9-12-4-3-5-14(17)10-12/h3-5,10-11,13,15,17H,2,6-9,16H2,1H3. The van der Waals surface area contributed by atoms with Crippen LogP contribution in [0.4, 0.5) is 0 Å². The third-order valence-electron chi connectivity index (χ3n) is 4.14. The summed E-state index contributed by atoms with van der Waals surface area (Å²) in [6.45, 7) is 2.27. The molecule has 2 rings (SSSR count). The summed E-state index contributed by atoms with van der Waals surface area (Å²) < 4.78 is 0. The molecule has 1 aliphatic rings. The van der Waals surface area contributed by atoms with Crippen molar-refractivity contribution in [3.8, 4) is 5.75 Å². The molecule has 1 fully saturated rings. The minimum Gasteiger partial charge on any atom is -0.508 e. The summed E-state index contributed by atoms with van der Waals surface area (Å²) in [7, 11) is 0. The normalized spacial score (nSPS) is 29.2. The van der Waals surface area contributed by atoms with Crippen molar-refractivity contribution < 1.29 is 5.11 Å². The lowest BCUT2D eigenvalue weighted by atomic mass is 9.75. The Morgan fingerprint density at radius 3 is 2.88 bits per heavy atom. The number of phenolic OH excluding ortho intramolecular Hbond substituents is 1. The molecule has 2 heteroatoms. The van der Waals surface area contributed by atoms with Gasteiger partial charge in [0.25, 0.3) is 0 Å². The number of benzene rings is 1. The fourth-order valence-electron chi connectivity index (χ4n) is 2.98. The zero-order chi connectivity index (χ0) is 12.3. The number of phenols is 1. The molecule has 94 valence electrons. The van der Waals surface area contributed by atoms with Crippen LogP contribution in [-0.2, 0) is 6.42 Å². The van der Waals surface area contributed by atoms with Crippen LogP contribution < -0.4 is 5.73 Å². The Hall–Kier alpha value is -1.02. The molecule has 0 bridgehead atoms. The van der Waals surface area contributed by atoms with E-state index in [-0.39, 0.29) is 0 Å². The smallest absolute Gasteiger partial charge is 0.115 e. The molecule has 0 radical (unpaired) electrons. The number of hydrogen-bond acceptors (Lipinski definition) is 2. The molecule has 1 aromatic carbocycles. The molecule has 3 N–H and O–H groups in total. The van der Waals surface area contributed by atoms with Crippen molar-refractivity contribution in [1.82, 2.24) is 0 Å². The van der Waals surface area contributed by atoms with Crippen LogP contribution in [0.25, 0.3) is 0 Å². The van der Waals surface area contributed by atoms with Crippen molar-refractivity contribution in [1.29, 1.82) is 0 Å². The van der Waals surface area contributed by atoms with Gasteiger partial charge < -0.3 is 10.8 Å². The van der Waals surface area contributed by atoms with Gasteiger partial charge in [-0.05, 0) is 55.2 Å². The molecule has 0 heterocycles. The highest BCUT2D eigenvalue weighted by Crippen LogP contribution is 2.32. The van der Waals surface area contributed by atoms with Gasteiger partial charge in [0.2, 0.25) is 0 Å². The Bertz CT molecular complexity index is 364. The lowest BCUT2D eigenvalue weighted by Gasteiger charge is -2.33. The van der Waals surface area contributed by atoms with Crippen molar-refractivity contribution in [2.45, 2.75) is 45.1 Å². The van der Waals surface area contributed by atoms with Gasteiger partial charge in [-0.15, -0.1) is 0 Å². The van der Waals surface area contributed by atoms with E-state index in [4.69, 9.17) is 5.73 Å². The molecule has 17 heavy (non-hydrogen) atoms. The van der Waals surface area contributed by atoms with Crippen LogP contribution >= 0.6 is 0 Å². The van der Waals surface area contributed by atoms with Crippen LogP contribution in [-0.4, -0.2) is 11.1 Å². The van der Waals surface area contributed by atoms with E-state index in [9.17, 15) is 5.11 Å². The van der Waals surface area contributed by atoms with Crippen molar-refractivity contribution in [2.24, 2.45) is 17.6 Å². The predicted octanol–water partition coefficient (Wildman–Crippen LogP) is 3.09. The van der Waals surface area contributed by atoms with Crippen LogP contribution in [0.15, 0.2) is 24.3 Å². The van der Waals surface area contributed by atoms with Crippen LogP contribution in [0.1, 0.15) is 38.2 Å². The van der Waals surface area contributed by atoms with E-state index < -0.39 is 0 Å². The molecule has 2 nitrogen and oxygen atoms in total. The van der Waals surface area contributed by atoms with Gasteiger partial charge in [-0.2, -0.15) is 0 Å². The van der Waals surface area contributed by atoms with E-state index in [1.807, 2.05) is 12.1 Å². The third-order valence-corrected chi connectivity index (χ3v) is 4.14. The highest BCUT2D eigenvalue weighted by molar-refractivity contribution is 5.27. The maximum absolute atomic E-state index is 9.48. The van der Waals surface area contributed by atoms with Gasteiger partial charge in [0.1, 0.15) is 5.75 Å². The molecule has 1 saturated carbocycles. The van der Waals surface area contributed by atoms with Gasteiger partial charge in [-0.1, -0.05) is 25.5 Å². The Morgan fingerprint density at radius 1 is 1.35 bits per heavy atom. The van der Waals surface area contributed by atoms with Crippen molar-refractivity contribution in [2.75, 3.05) is 0 Å². The van der Waals surface area contributed by atoms with Crippen LogP contribution in [0.3, 0.4) is 0 Å². The summed E-state index contributed by atoms with van der Waals surface area (Å²) in [5.41, 5.74) is 7.43. The molecule has 3 atom stereocenters.